The van der Waals surface area contributed by atoms with Gasteiger partial charge < -0.3 is 4.74 Å². The quantitative estimate of drug-likeness (QED) is 0.650. The molecule has 2 aromatic rings. The van der Waals surface area contributed by atoms with E-state index in [1.807, 2.05) is 24.3 Å². The van der Waals surface area contributed by atoms with Crippen LogP contribution >= 0.6 is 0 Å². The summed E-state index contributed by atoms with van der Waals surface area (Å²) in [6.45, 7) is 0. The zero-order valence-corrected chi connectivity index (χ0v) is 11.1. The molecule has 0 amide bonds. The van der Waals surface area contributed by atoms with Gasteiger partial charge in [-0.2, -0.15) is 0 Å². The van der Waals surface area contributed by atoms with Crippen molar-refractivity contribution in [1.82, 2.24) is 5.43 Å². The Morgan fingerprint density at radius 1 is 1.10 bits per heavy atom. The van der Waals surface area contributed by atoms with Gasteiger partial charge in [0.1, 0.15) is 11.6 Å². The van der Waals surface area contributed by atoms with E-state index in [2.05, 4.69) is 5.43 Å². The highest BCUT2D eigenvalue weighted by Gasteiger charge is 2.23. The van der Waals surface area contributed by atoms with Crippen molar-refractivity contribution >= 4 is 0 Å². The van der Waals surface area contributed by atoms with Crippen molar-refractivity contribution in [3.8, 4) is 5.75 Å². The average Bonchev–Trinajstić information content (AvgIpc) is 3.26. The molecule has 3 nitrogen and oxygen atoms in total. The summed E-state index contributed by atoms with van der Waals surface area (Å²) in [5.74, 6) is 6.25. The number of hydrogen-bond acceptors (Lipinski definition) is 3. The third kappa shape index (κ3) is 2.98. The molecule has 104 valence electrons. The van der Waals surface area contributed by atoms with Crippen LogP contribution in [0, 0.1) is 5.82 Å². The van der Waals surface area contributed by atoms with Gasteiger partial charge in [0.25, 0.3) is 0 Å². The van der Waals surface area contributed by atoms with E-state index in [0.717, 1.165) is 29.7 Å². The van der Waals surface area contributed by atoms with E-state index in [4.69, 9.17) is 10.6 Å². The third-order valence-electron chi connectivity index (χ3n) is 3.39. The second-order valence-corrected chi connectivity index (χ2v) is 5.04. The number of benzene rings is 2. The van der Waals surface area contributed by atoms with E-state index in [0.29, 0.717) is 6.10 Å². The summed E-state index contributed by atoms with van der Waals surface area (Å²) in [4.78, 5) is 0. The molecule has 0 bridgehead atoms. The molecular weight excluding hydrogens is 255 g/mol. The van der Waals surface area contributed by atoms with Crippen molar-refractivity contribution in [2.24, 2.45) is 5.84 Å². The maximum absolute atomic E-state index is 13.0. The van der Waals surface area contributed by atoms with Gasteiger partial charge in [0, 0.05) is 0 Å². The lowest BCUT2D eigenvalue weighted by Gasteiger charge is -2.18. The number of halogens is 1. The molecule has 0 saturated heterocycles. The summed E-state index contributed by atoms with van der Waals surface area (Å²) in [7, 11) is 0. The number of ether oxygens (including phenoxy) is 1. The summed E-state index contributed by atoms with van der Waals surface area (Å²) >= 11 is 0. The summed E-state index contributed by atoms with van der Waals surface area (Å²) in [5.41, 5.74) is 4.68. The van der Waals surface area contributed by atoms with E-state index in [9.17, 15) is 4.39 Å². The van der Waals surface area contributed by atoms with Crippen LogP contribution in [0.25, 0.3) is 0 Å². The Morgan fingerprint density at radius 2 is 1.85 bits per heavy atom. The number of nitrogens with two attached hydrogens (primary N) is 1. The molecule has 1 atom stereocenters. The van der Waals surface area contributed by atoms with Crippen LogP contribution < -0.4 is 16.0 Å². The lowest BCUT2D eigenvalue weighted by Crippen LogP contribution is -2.28. The van der Waals surface area contributed by atoms with E-state index in [1.54, 1.807) is 12.1 Å². The molecule has 0 radical (unpaired) electrons. The maximum atomic E-state index is 13.0. The molecule has 4 heteroatoms. The Bertz CT molecular complexity index is 581. The predicted octanol–water partition coefficient (Wildman–Crippen LogP) is 2.92. The summed E-state index contributed by atoms with van der Waals surface area (Å²) in [6, 6.07) is 14.0. The predicted molar refractivity (Wildman–Crippen MR) is 75.7 cm³/mol. The summed E-state index contributed by atoms with van der Waals surface area (Å²) in [6.07, 6.45) is 2.61. The van der Waals surface area contributed by atoms with E-state index < -0.39 is 0 Å². The topological polar surface area (TPSA) is 47.3 Å². The molecule has 2 aromatic carbocycles. The van der Waals surface area contributed by atoms with Gasteiger partial charge in [0.15, 0.2) is 0 Å². The summed E-state index contributed by atoms with van der Waals surface area (Å²) in [5, 5.41) is 0. The highest BCUT2D eigenvalue weighted by molar-refractivity contribution is 5.36. The van der Waals surface area contributed by atoms with Gasteiger partial charge in [-0.25, -0.2) is 9.82 Å². The van der Waals surface area contributed by atoms with Crippen LogP contribution in [-0.4, -0.2) is 6.10 Å². The third-order valence-corrected chi connectivity index (χ3v) is 3.39. The lowest BCUT2D eigenvalue weighted by molar-refractivity contribution is 0.302. The zero-order valence-electron chi connectivity index (χ0n) is 11.1. The van der Waals surface area contributed by atoms with Gasteiger partial charge in [0.05, 0.1) is 12.1 Å². The van der Waals surface area contributed by atoms with Crippen molar-refractivity contribution in [3.63, 3.8) is 0 Å². The van der Waals surface area contributed by atoms with Crippen LogP contribution in [0.15, 0.2) is 48.5 Å². The smallest absolute Gasteiger partial charge is 0.123 e. The molecule has 0 spiro atoms. The molecule has 3 N–H and O–H groups in total. The largest absolute Gasteiger partial charge is 0.490 e. The number of nitrogens with one attached hydrogen (secondary N) is 1. The first kappa shape index (κ1) is 13.1. The fraction of sp³-hybridized carbons (Fsp3) is 0.250. The van der Waals surface area contributed by atoms with E-state index in [1.165, 1.54) is 12.1 Å². The standard InChI is InChI=1S/C16H17FN2O/c17-13-6-4-11(5-7-13)16(19-18)12-2-1-3-15(10-12)20-14-8-9-14/h1-7,10,14,16,19H,8-9,18H2. The molecule has 0 aromatic heterocycles. The molecule has 0 aliphatic heterocycles. The van der Waals surface area contributed by atoms with Crippen LogP contribution in [0.3, 0.4) is 0 Å². The van der Waals surface area contributed by atoms with Crippen molar-refractivity contribution in [3.05, 3.63) is 65.5 Å². The number of rotatable bonds is 5. The second kappa shape index (κ2) is 5.61. The fourth-order valence-electron chi connectivity index (χ4n) is 2.19. The fourth-order valence-corrected chi connectivity index (χ4v) is 2.19. The first-order chi connectivity index (χ1) is 9.76. The highest BCUT2D eigenvalue weighted by atomic mass is 19.1. The molecule has 1 aliphatic carbocycles. The molecule has 20 heavy (non-hydrogen) atoms. The second-order valence-electron chi connectivity index (χ2n) is 5.04. The van der Waals surface area contributed by atoms with Crippen molar-refractivity contribution in [2.75, 3.05) is 0 Å². The summed E-state index contributed by atoms with van der Waals surface area (Å²) < 4.78 is 18.8. The molecular formula is C16H17FN2O. The van der Waals surface area contributed by atoms with Crippen LogP contribution in [0.5, 0.6) is 5.75 Å². The number of hydrazine groups is 1. The molecule has 1 unspecified atom stereocenters. The Kier molecular flexibility index (Phi) is 3.67. The van der Waals surface area contributed by atoms with Crippen molar-refractivity contribution < 1.29 is 9.13 Å². The molecule has 1 aliphatic rings. The van der Waals surface area contributed by atoms with Gasteiger partial charge in [-0.1, -0.05) is 24.3 Å². The van der Waals surface area contributed by atoms with Crippen molar-refractivity contribution in [2.45, 2.75) is 25.0 Å². The normalized spacial score (nSPS) is 15.9. The van der Waals surface area contributed by atoms with Crippen LogP contribution in [-0.2, 0) is 0 Å². The highest BCUT2D eigenvalue weighted by Crippen LogP contribution is 2.29. The first-order valence-corrected chi connectivity index (χ1v) is 6.74. The molecule has 0 heterocycles. The van der Waals surface area contributed by atoms with Crippen LogP contribution in [0.4, 0.5) is 4.39 Å². The van der Waals surface area contributed by atoms with E-state index >= 15 is 0 Å². The molecule has 1 fully saturated rings. The Labute approximate surface area is 117 Å². The Morgan fingerprint density at radius 3 is 2.50 bits per heavy atom. The molecule has 3 rings (SSSR count). The van der Waals surface area contributed by atoms with E-state index in [-0.39, 0.29) is 11.9 Å². The van der Waals surface area contributed by atoms with Gasteiger partial charge in [-0.3, -0.25) is 5.84 Å². The minimum Gasteiger partial charge on any atom is -0.490 e. The Hall–Kier alpha value is -1.91. The van der Waals surface area contributed by atoms with Gasteiger partial charge in [-0.05, 0) is 48.2 Å². The average molecular weight is 272 g/mol. The first-order valence-electron chi connectivity index (χ1n) is 6.74. The van der Waals surface area contributed by atoms with Gasteiger partial charge in [-0.15, -0.1) is 0 Å². The Balaban J connectivity index is 1.85. The maximum Gasteiger partial charge on any atom is 0.123 e. The van der Waals surface area contributed by atoms with Crippen LogP contribution in [0.1, 0.15) is 30.0 Å². The van der Waals surface area contributed by atoms with Gasteiger partial charge >= 0.3 is 0 Å². The minimum atomic E-state index is -0.254. The SMILES string of the molecule is NNC(c1ccc(F)cc1)c1cccc(OC2CC2)c1. The van der Waals surface area contributed by atoms with Crippen molar-refractivity contribution in [1.29, 1.82) is 0 Å². The van der Waals surface area contributed by atoms with Crippen LogP contribution in [0.2, 0.25) is 0 Å². The number of hydrogen-bond donors (Lipinski definition) is 2. The zero-order chi connectivity index (χ0) is 13.9. The van der Waals surface area contributed by atoms with Gasteiger partial charge in [0.2, 0.25) is 0 Å². The monoisotopic (exact) mass is 272 g/mol. The lowest BCUT2D eigenvalue weighted by atomic mass is 9.99. The minimum absolute atomic E-state index is 0.182. The molecule has 1 saturated carbocycles.